The van der Waals surface area contributed by atoms with Gasteiger partial charge in [0.15, 0.2) is 0 Å². The molecule has 3 aromatic rings. The van der Waals surface area contributed by atoms with E-state index in [4.69, 9.17) is 5.73 Å². The molecule has 108 valence electrons. The van der Waals surface area contributed by atoms with Gasteiger partial charge in [0, 0.05) is 12.1 Å². The highest BCUT2D eigenvalue weighted by molar-refractivity contribution is 5.80. The summed E-state index contributed by atoms with van der Waals surface area (Å²) in [4.78, 5) is 4.67. The smallest absolute Gasteiger partial charge is 0.123 e. The van der Waals surface area contributed by atoms with Crippen LogP contribution in [0.5, 0.6) is 0 Å². The highest BCUT2D eigenvalue weighted by Gasteiger charge is 2.16. The first-order valence-corrected chi connectivity index (χ1v) is 7.12. The van der Waals surface area contributed by atoms with Crippen molar-refractivity contribution in [3.63, 3.8) is 0 Å². The molecule has 0 amide bonds. The Labute approximate surface area is 123 Å². The van der Waals surface area contributed by atoms with Crippen LogP contribution in [0, 0.1) is 5.82 Å². The summed E-state index contributed by atoms with van der Waals surface area (Å²) < 4.78 is 15.3. The fourth-order valence-electron chi connectivity index (χ4n) is 2.74. The molecule has 4 heteroatoms. The molecule has 3 rings (SSSR count). The number of aromatic nitrogens is 2. The SMILES string of the molecule is CCc1nc2cc(N)ccc2n1C(C)c1ccc(F)cc1. The Morgan fingerprint density at radius 1 is 1.19 bits per heavy atom. The molecule has 1 unspecified atom stereocenters. The molecule has 0 radical (unpaired) electrons. The van der Waals surface area contributed by atoms with Gasteiger partial charge in [-0.2, -0.15) is 0 Å². The quantitative estimate of drug-likeness (QED) is 0.740. The van der Waals surface area contributed by atoms with Crippen LogP contribution in [0.25, 0.3) is 11.0 Å². The highest BCUT2D eigenvalue weighted by Crippen LogP contribution is 2.27. The van der Waals surface area contributed by atoms with Crippen molar-refractivity contribution in [2.75, 3.05) is 5.73 Å². The zero-order valence-corrected chi connectivity index (χ0v) is 12.2. The third kappa shape index (κ3) is 2.37. The lowest BCUT2D eigenvalue weighted by Gasteiger charge is -2.18. The molecule has 0 aliphatic rings. The number of benzene rings is 2. The maximum Gasteiger partial charge on any atom is 0.123 e. The summed E-state index contributed by atoms with van der Waals surface area (Å²) in [5, 5.41) is 0. The Kier molecular flexibility index (Phi) is 3.37. The number of imidazole rings is 1. The van der Waals surface area contributed by atoms with Crippen molar-refractivity contribution in [2.24, 2.45) is 0 Å². The second-order valence-corrected chi connectivity index (χ2v) is 5.23. The maximum absolute atomic E-state index is 13.1. The molecule has 21 heavy (non-hydrogen) atoms. The number of nitrogens with two attached hydrogens (primary N) is 1. The van der Waals surface area contributed by atoms with Crippen LogP contribution in [-0.4, -0.2) is 9.55 Å². The monoisotopic (exact) mass is 283 g/mol. The minimum atomic E-state index is -0.218. The van der Waals surface area contributed by atoms with Crippen LogP contribution in [0.15, 0.2) is 42.5 Å². The zero-order chi connectivity index (χ0) is 15.0. The molecule has 2 aromatic carbocycles. The lowest BCUT2D eigenvalue weighted by molar-refractivity contribution is 0.609. The first-order chi connectivity index (χ1) is 10.1. The molecule has 1 heterocycles. The predicted molar refractivity (Wildman–Crippen MR) is 83.7 cm³/mol. The molecule has 0 fully saturated rings. The minimum absolute atomic E-state index is 0.0918. The summed E-state index contributed by atoms with van der Waals surface area (Å²) >= 11 is 0. The van der Waals surface area contributed by atoms with Gasteiger partial charge in [-0.05, 0) is 42.8 Å². The van der Waals surface area contributed by atoms with Gasteiger partial charge >= 0.3 is 0 Å². The van der Waals surface area contributed by atoms with E-state index in [0.29, 0.717) is 5.69 Å². The lowest BCUT2D eigenvalue weighted by Crippen LogP contribution is -2.10. The van der Waals surface area contributed by atoms with Crippen LogP contribution in [0.3, 0.4) is 0 Å². The Morgan fingerprint density at radius 2 is 1.90 bits per heavy atom. The van der Waals surface area contributed by atoms with Gasteiger partial charge in [-0.1, -0.05) is 19.1 Å². The lowest BCUT2D eigenvalue weighted by atomic mass is 10.1. The second kappa shape index (κ2) is 5.20. The van der Waals surface area contributed by atoms with E-state index in [9.17, 15) is 4.39 Å². The minimum Gasteiger partial charge on any atom is -0.399 e. The summed E-state index contributed by atoms with van der Waals surface area (Å²) in [7, 11) is 0. The molecule has 0 bridgehead atoms. The summed E-state index contributed by atoms with van der Waals surface area (Å²) in [6.45, 7) is 4.18. The summed E-state index contributed by atoms with van der Waals surface area (Å²) in [5.74, 6) is 0.789. The molecule has 0 saturated carbocycles. The van der Waals surface area contributed by atoms with Crippen molar-refractivity contribution in [1.82, 2.24) is 9.55 Å². The van der Waals surface area contributed by atoms with Crippen molar-refractivity contribution in [3.8, 4) is 0 Å². The van der Waals surface area contributed by atoms with Crippen molar-refractivity contribution in [1.29, 1.82) is 0 Å². The van der Waals surface area contributed by atoms with E-state index < -0.39 is 0 Å². The van der Waals surface area contributed by atoms with Crippen molar-refractivity contribution < 1.29 is 4.39 Å². The number of nitrogens with zero attached hydrogens (tertiary/aromatic N) is 2. The van der Waals surface area contributed by atoms with E-state index in [1.54, 1.807) is 0 Å². The Morgan fingerprint density at radius 3 is 2.57 bits per heavy atom. The molecule has 0 saturated heterocycles. The number of hydrogen-bond acceptors (Lipinski definition) is 2. The Bertz CT molecular complexity index is 775. The summed E-state index contributed by atoms with van der Waals surface area (Å²) in [6, 6.07) is 12.5. The van der Waals surface area contributed by atoms with Gasteiger partial charge in [-0.15, -0.1) is 0 Å². The normalized spacial score (nSPS) is 12.7. The van der Waals surface area contributed by atoms with E-state index in [1.807, 2.05) is 30.3 Å². The van der Waals surface area contributed by atoms with Gasteiger partial charge in [0.25, 0.3) is 0 Å². The first-order valence-electron chi connectivity index (χ1n) is 7.12. The highest BCUT2D eigenvalue weighted by atomic mass is 19.1. The van der Waals surface area contributed by atoms with E-state index in [-0.39, 0.29) is 11.9 Å². The average molecular weight is 283 g/mol. The first kappa shape index (κ1) is 13.6. The molecule has 0 aliphatic heterocycles. The van der Waals surface area contributed by atoms with Gasteiger partial charge in [0.05, 0.1) is 17.1 Å². The largest absolute Gasteiger partial charge is 0.399 e. The summed E-state index contributed by atoms with van der Waals surface area (Å²) in [5.41, 5.74) is 9.56. The molecule has 3 nitrogen and oxygen atoms in total. The van der Waals surface area contributed by atoms with Crippen LogP contribution in [0.4, 0.5) is 10.1 Å². The zero-order valence-electron chi connectivity index (χ0n) is 12.2. The van der Waals surface area contributed by atoms with Crippen LogP contribution in [-0.2, 0) is 6.42 Å². The topological polar surface area (TPSA) is 43.8 Å². The fraction of sp³-hybridized carbons (Fsp3) is 0.235. The van der Waals surface area contributed by atoms with Crippen molar-refractivity contribution >= 4 is 16.7 Å². The van der Waals surface area contributed by atoms with Gasteiger partial charge in [0.2, 0.25) is 0 Å². The number of hydrogen-bond donors (Lipinski definition) is 1. The van der Waals surface area contributed by atoms with Crippen LogP contribution in [0.1, 0.15) is 31.3 Å². The predicted octanol–water partition coefficient (Wildman–Crippen LogP) is 3.93. The maximum atomic E-state index is 13.1. The second-order valence-electron chi connectivity index (χ2n) is 5.23. The molecule has 0 spiro atoms. The molecule has 1 atom stereocenters. The third-order valence-electron chi connectivity index (χ3n) is 3.84. The number of anilines is 1. The Hall–Kier alpha value is -2.36. The number of nitrogen functional groups attached to an aromatic ring is 1. The molecular formula is C17H18FN3. The average Bonchev–Trinajstić information content (AvgIpc) is 2.84. The van der Waals surface area contributed by atoms with Gasteiger partial charge in [-0.3, -0.25) is 0 Å². The van der Waals surface area contributed by atoms with Crippen molar-refractivity contribution in [3.05, 3.63) is 59.7 Å². The van der Waals surface area contributed by atoms with Crippen LogP contribution >= 0.6 is 0 Å². The molecular weight excluding hydrogens is 265 g/mol. The van der Waals surface area contributed by atoms with Gasteiger partial charge < -0.3 is 10.3 Å². The van der Waals surface area contributed by atoms with Gasteiger partial charge in [0.1, 0.15) is 11.6 Å². The standard InChI is InChI=1S/C17H18FN3/c1-3-17-20-15-10-14(19)8-9-16(15)21(17)11(2)12-4-6-13(18)7-5-12/h4-11H,3,19H2,1-2H3. The number of rotatable bonds is 3. The number of halogens is 1. The van der Waals surface area contributed by atoms with Gasteiger partial charge in [-0.25, -0.2) is 9.37 Å². The molecule has 0 aliphatic carbocycles. The Balaban J connectivity index is 2.16. The number of aryl methyl sites for hydroxylation is 1. The molecule has 2 N–H and O–H groups in total. The van der Waals surface area contributed by atoms with E-state index in [2.05, 4.69) is 23.4 Å². The third-order valence-corrected chi connectivity index (χ3v) is 3.84. The van der Waals surface area contributed by atoms with Crippen molar-refractivity contribution in [2.45, 2.75) is 26.3 Å². The summed E-state index contributed by atoms with van der Waals surface area (Å²) in [6.07, 6.45) is 0.833. The van der Waals surface area contributed by atoms with Crippen LogP contribution < -0.4 is 5.73 Å². The fourth-order valence-corrected chi connectivity index (χ4v) is 2.74. The van der Waals surface area contributed by atoms with Crippen LogP contribution in [0.2, 0.25) is 0 Å². The molecule has 1 aromatic heterocycles. The van der Waals surface area contributed by atoms with E-state index in [1.165, 1.54) is 12.1 Å². The van der Waals surface area contributed by atoms with E-state index in [0.717, 1.165) is 28.8 Å². The van der Waals surface area contributed by atoms with E-state index >= 15 is 0 Å². The number of fused-ring (bicyclic) bond motifs is 1.